The fraction of sp³-hybridized carbons (Fsp3) is 0.955. The van der Waals surface area contributed by atoms with Crippen molar-refractivity contribution in [3.63, 3.8) is 0 Å². The minimum Gasteiger partial charge on any atom is -0.450 e. The third-order valence-electron chi connectivity index (χ3n) is 7.23. The molecule has 0 bridgehead atoms. The molecule has 0 aromatic carbocycles. The molecule has 6 atom stereocenters. The second-order valence-corrected chi connectivity index (χ2v) is 9.80. The fourth-order valence-electron chi connectivity index (χ4n) is 5.87. The molecule has 3 aliphatic rings. The monoisotopic (exact) mass is 424 g/mol. The molecule has 8 heteroatoms. The zero-order valence-electron chi connectivity index (χ0n) is 19.4. The lowest BCUT2D eigenvalue weighted by molar-refractivity contribution is 0.0379. The topological polar surface area (TPSA) is 94.9 Å². The van der Waals surface area contributed by atoms with E-state index in [0.29, 0.717) is 30.5 Å². The largest absolute Gasteiger partial charge is 0.450 e. The Morgan fingerprint density at radius 3 is 2.83 bits per heavy atom. The molecule has 0 aromatic rings. The minimum absolute atomic E-state index is 0.136. The molecular weight excluding hydrogens is 380 g/mol. The predicted molar refractivity (Wildman–Crippen MR) is 120 cm³/mol. The van der Waals surface area contributed by atoms with Crippen LogP contribution in [-0.4, -0.2) is 80.1 Å². The first kappa shape index (κ1) is 23.7. The van der Waals surface area contributed by atoms with E-state index in [1.54, 1.807) is 0 Å². The number of nitrogens with zero attached hydrogens (tertiary/aromatic N) is 2. The number of ether oxygens (including phenoxy) is 1. The predicted octanol–water partition coefficient (Wildman–Crippen LogP) is 1.33. The van der Waals surface area contributed by atoms with Crippen molar-refractivity contribution >= 4 is 6.09 Å². The van der Waals surface area contributed by atoms with Gasteiger partial charge in [-0.05, 0) is 65.3 Å². The van der Waals surface area contributed by atoms with Gasteiger partial charge in [0.15, 0.2) is 0 Å². The Kier molecular flexibility index (Phi) is 8.77. The highest BCUT2D eigenvalue weighted by molar-refractivity contribution is 5.67. The third-order valence-corrected chi connectivity index (χ3v) is 7.23. The molecular formula is C22H44N6O2. The van der Waals surface area contributed by atoms with Gasteiger partial charge in [0.05, 0.1) is 12.8 Å². The number of nitrogens with two attached hydrogens (primary N) is 1. The normalized spacial score (nSPS) is 34.9. The van der Waals surface area contributed by atoms with Crippen LogP contribution in [-0.2, 0) is 4.74 Å². The first-order chi connectivity index (χ1) is 14.4. The number of carbonyl (C=O) groups excluding carboxylic acids is 1. The van der Waals surface area contributed by atoms with Crippen molar-refractivity contribution in [2.75, 3.05) is 39.8 Å². The van der Waals surface area contributed by atoms with Crippen LogP contribution in [0.3, 0.4) is 0 Å². The lowest BCUT2D eigenvalue weighted by Gasteiger charge is -2.46. The quantitative estimate of drug-likeness (QED) is 0.467. The van der Waals surface area contributed by atoms with Crippen LogP contribution >= 0.6 is 0 Å². The number of carbonyl (C=O) groups is 1. The number of hydrogen-bond acceptors (Lipinski definition) is 7. The number of likely N-dealkylation sites (N-methyl/N-ethyl adjacent to an activating group) is 1. The van der Waals surface area contributed by atoms with Gasteiger partial charge in [-0.15, -0.1) is 0 Å². The van der Waals surface area contributed by atoms with Gasteiger partial charge in [0.2, 0.25) is 0 Å². The summed E-state index contributed by atoms with van der Waals surface area (Å²) in [5.74, 6) is 1.74. The van der Waals surface area contributed by atoms with Crippen LogP contribution in [0.25, 0.3) is 0 Å². The maximum Gasteiger partial charge on any atom is 0.407 e. The van der Waals surface area contributed by atoms with E-state index in [4.69, 9.17) is 10.5 Å². The van der Waals surface area contributed by atoms with Gasteiger partial charge in [0, 0.05) is 50.2 Å². The summed E-state index contributed by atoms with van der Waals surface area (Å²) in [5, 5.41) is 9.52. The van der Waals surface area contributed by atoms with Gasteiger partial charge in [0.1, 0.15) is 0 Å². The SMILES string of the molecule is CCOC(=O)NC1CC(C2CCCC(CN(C)CCN)C2)NC2C1CNN2C(C)C. The zero-order valence-corrected chi connectivity index (χ0v) is 19.4. The molecule has 2 saturated heterocycles. The fourth-order valence-corrected chi connectivity index (χ4v) is 5.87. The molecule has 6 unspecified atom stereocenters. The minimum atomic E-state index is -0.283. The number of hydrazine groups is 1. The van der Waals surface area contributed by atoms with Crippen LogP contribution in [0.4, 0.5) is 4.79 Å². The van der Waals surface area contributed by atoms with Gasteiger partial charge >= 0.3 is 6.09 Å². The van der Waals surface area contributed by atoms with Crippen LogP contribution in [0.1, 0.15) is 52.9 Å². The second-order valence-electron chi connectivity index (χ2n) is 9.80. The van der Waals surface area contributed by atoms with Gasteiger partial charge in [-0.2, -0.15) is 0 Å². The number of fused-ring (bicyclic) bond motifs is 1. The van der Waals surface area contributed by atoms with Gasteiger partial charge in [-0.1, -0.05) is 6.42 Å². The maximum absolute atomic E-state index is 12.2. The van der Waals surface area contributed by atoms with Crippen LogP contribution in [0.15, 0.2) is 0 Å². The van der Waals surface area contributed by atoms with E-state index in [9.17, 15) is 4.79 Å². The second kappa shape index (κ2) is 11.1. The summed E-state index contributed by atoms with van der Waals surface area (Å²) in [6.07, 6.45) is 6.07. The Hall–Kier alpha value is -0.930. The molecule has 30 heavy (non-hydrogen) atoms. The first-order valence-electron chi connectivity index (χ1n) is 12.0. The maximum atomic E-state index is 12.2. The molecule has 1 aliphatic carbocycles. The average molecular weight is 425 g/mol. The zero-order chi connectivity index (χ0) is 21.7. The third kappa shape index (κ3) is 5.85. The number of rotatable bonds is 8. The average Bonchev–Trinajstić information content (AvgIpc) is 3.13. The summed E-state index contributed by atoms with van der Waals surface area (Å²) in [5.41, 5.74) is 9.30. The number of nitrogens with one attached hydrogen (secondary N) is 3. The van der Waals surface area contributed by atoms with Crippen LogP contribution in [0.5, 0.6) is 0 Å². The van der Waals surface area contributed by atoms with E-state index in [1.165, 1.54) is 25.7 Å². The molecule has 2 aliphatic heterocycles. The summed E-state index contributed by atoms with van der Waals surface area (Å²) in [4.78, 5) is 14.6. The van der Waals surface area contributed by atoms with Crippen LogP contribution in [0, 0.1) is 17.8 Å². The van der Waals surface area contributed by atoms with Crippen molar-refractivity contribution in [3.05, 3.63) is 0 Å². The van der Waals surface area contributed by atoms with Crippen molar-refractivity contribution < 1.29 is 9.53 Å². The Labute approximate surface area is 182 Å². The Bertz CT molecular complexity index is 548. The molecule has 1 saturated carbocycles. The Morgan fingerprint density at radius 2 is 2.13 bits per heavy atom. The molecule has 0 aromatic heterocycles. The highest BCUT2D eigenvalue weighted by Gasteiger charge is 2.47. The van der Waals surface area contributed by atoms with E-state index in [-0.39, 0.29) is 18.3 Å². The van der Waals surface area contributed by atoms with Crippen LogP contribution < -0.4 is 21.8 Å². The van der Waals surface area contributed by atoms with Crippen molar-refractivity contribution in [1.82, 2.24) is 26.0 Å². The van der Waals surface area contributed by atoms with E-state index < -0.39 is 0 Å². The van der Waals surface area contributed by atoms with E-state index in [2.05, 4.69) is 46.9 Å². The van der Waals surface area contributed by atoms with Crippen molar-refractivity contribution in [2.45, 2.75) is 77.2 Å². The molecule has 0 radical (unpaired) electrons. The van der Waals surface area contributed by atoms with E-state index >= 15 is 0 Å². The van der Waals surface area contributed by atoms with Crippen molar-refractivity contribution in [1.29, 1.82) is 0 Å². The summed E-state index contributed by atoms with van der Waals surface area (Å²) in [7, 11) is 2.18. The van der Waals surface area contributed by atoms with Gasteiger partial charge in [-0.3, -0.25) is 10.7 Å². The van der Waals surface area contributed by atoms with E-state index in [1.807, 2.05) is 6.92 Å². The number of hydrogen-bond donors (Lipinski definition) is 4. The molecule has 2 heterocycles. The van der Waals surface area contributed by atoms with Gasteiger partial charge < -0.3 is 20.7 Å². The molecule has 0 spiro atoms. The lowest BCUT2D eigenvalue weighted by Crippen LogP contribution is -2.64. The van der Waals surface area contributed by atoms with Crippen molar-refractivity contribution in [3.8, 4) is 0 Å². The summed E-state index contributed by atoms with van der Waals surface area (Å²) < 4.78 is 5.21. The summed E-state index contributed by atoms with van der Waals surface area (Å²) >= 11 is 0. The Morgan fingerprint density at radius 1 is 1.33 bits per heavy atom. The lowest BCUT2D eigenvalue weighted by atomic mass is 9.73. The molecule has 174 valence electrons. The first-order valence-corrected chi connectivity index (χ1v) is 12.0. The van der Waals surface area contributed by atoms with Crippen molar-refractivity contribution in [2.24, 2.45) is 23.5 Å². The summed E-state index contributed by atoms with van der Waals surface area (Å²) in [6, 6.07) is 0.956. The smallest absolute Gasteiger partial charge is 0.407 e. The van der Waals surface area contributed by atoms with E-state index in [0.717, 1.165) is 38.5 Å². The Balaban J connectivity index is 1.68. The molecule has 8 nitrogen and oxygen atoms in total. The number of piperidine rings is 1. The van der Waals surface area contributed by atoms with Crippen LogP contribution in [0.2, 0.25) is 0 Å². The summed E-state index contributed by atoms with van der Waals surface area (Å²) in [6.45, 7) is 10.4. The highest BCUT2D eigenvalue weighted by Crippen LogP contribution is 2.37. The molecule has 3 fully saturated rings. The number of amides is 1. The van der Waals surface area contributed by atoms with Gasteiger partial charge in [-0.25, -0.2) is 9.80 Å². The van der Waals surface area contributed by atoms with Gasteiger partial charge in [0.25, 0.3) is 0 Å². The highest BCUT2D eigenvalue weighted by atomic mass is 16.5. The molecule has 5 N–H and O–H groups in total. The number of alkyl carbamates (subject to hydrolysis) is 1. The standard InChI is InChI=1S/C22H44N6O2/c1-5-30-22(29)26-20-12-19(25-21-18(20)13-24-28(21)15(2)3)17-8-6-7-16(11-17)14-27(4)10-9-23/h15-21,24-25H,5-14,23H2,1-4H3,(H,26,29). The molecule has 1 amide bonds. The molecule has 3 rings (SSSR count).